The smallest absolute Gasteiger partial charge is 0.138 e. The van der Waals surface area contributed by atoms with Crippen LogP contribution in [0.15, 0.2) is 36.5 Å². The first-order valence-electron chi connectivity index (χ1n) is 5.93. The zero-order valence-electron chi connectivity index (χ0n) is 10.6. The lowest BCUT2D eigenvalue weighted by atomic mass is 10.2. The quantitative estimate of drug-likeness (QED) is 0.664. The predicted octanol–water partition coefficient (Wildman–Crippen LogP) is 3.09. The standard InChI is InChI=1S/C14H15FIN3/c1-19(7-5-10-4-2-3-6-18-10)14-8-11(15)12(16)9-13(14)17/h2-4,6,8-9H,5,7,17H2,1H3. The summed E-state index contributed by atoms with van der Waals surface area (Å²) in [6.07, 6.45) is 2.57. The Kier molecular flexibility index (Phi) is 4.57. The van der Waals surface area contributed by atoms with Gasteiger partial charge in [0.05, 0.1) is 14.9 Å². The molecule has 2 aromatic rings. The molecule has 0 aliphatic heterocycles. The molecule has 1 heterocycles. The number of nitrogens with zero attached hydrogens (tertiary/aromatic N) is 2. The van der Waals surface area contributed by atoms with Crippen LogP contribution in [0.25, 0.3) is 0 Å². The summed E-state index contributed by atoms with van der Waals surface area (Å²) in [5.74, 6) is -0.241. The van der Waals surface area contributed by atoms with E-state index in [9.17, 15) is 4.39 Å². The molecular weight excluding hydrogens is 356 g/mol. The van der Waals surface area contributed by atoms with E-state index in [0.29, 0.717) is 14.9 Å². The van der Waals surface area contributed by atoms with E-state index < -0.39 is 0 Å². The van der Waals surface area contributed by atoms with Gasteiger partial charge < -0.3 is 10.6 Å². The maximum absolute atomic E-state index is 13.6. The molecule has 0 spiro atoms. The molecule has 0 unspecified atom stereocenters. The summed E-state index contributed by atoms with van der Waals surface area (Å²) in [5, 5.41) is 0. The molecule has 0 fully saturated rings. The third-order valence-corrected chi connectivity index (χ3v) is 3.74. The summed E-state index contributed by atoms with van der Waals surface area (Å²) in [4.78, 5) is 6.21. The number of nitrogens with two attached hydrogens (primary N) is 1. The van der Waals surface area contributed by atoms with Crippen molar-refractivity contribution >= 4 is 34.0 Å². The number of rotatable bonds is 4. The molecule has 5 heteroatoms. The highest BCUT2D eigenvalue weighted by atomic mass is 127. The second-order valence-electron chi connectivity index (χ2n) is 4.32. The fourth-order valence-corrected chi connectivity index (χ4v) is 2.32. The first-order valence-corrected chi connectivity index (χ1v) is 7.01. The summed E-state index contributed by atoms with van der Waals surface area (Å²) in [6, 6.07) is 8.96. The van der Waals surface area contributed by atoms with Crippen LogP contribution >= 0.6 is 22.6 Å². The number of aromatic nitrogens is 1. The first kappa shape index (κ1) is 14.0. The molecule has 0 amide bonds. The number of likely N-dealkylation sites (N-methyl/N-ethyl adjacent to an activating group) is 1. The van der Waals surface area contributed by atoms with Gasteiger partial charge in [-0.1, -0.05) is 6.07 Å². The van der Waals surface area contributed by atoms with Crippen molar-refractivity contribution < 1.29 is 4.39 Å². The van der Waals surface area contributed by atoms with Gasteiger partial charge >= 0.3 is 0 Å². The summed E-state index contributed by atoms with van der Waals surface area (Å²) in [6.45, 7) is 0.737. The molecule has 2 rings (SSSR count). The largest absolute Gasteiger partial charge is 0.397 e. The molecule has 0 aliphatic rings. The van der Waals surface area contributed by atoms with E-state index in [1.165, 1.54) is 6.07 Å². The van der Waals surface area contributed by atoms with Crippen LogP contribution in [-0.4, -0.2) is 18.6 Å². The van der Waals surface area contributed by atoms with Gasteiger partial charge in [-0.25, -0.2) is 4.39 Å². The number of hydrogen-bond acceptors (Lipinski definition) is 3. The molecule has 0 saturated carbocycles. The Morgan fingerprint density at radius 3 is 2.84 bits per heavy atom. The summed E-state index contributed by atoms with van der Waals surface area (Å²) < 4.78 is 14.1. The molecule has 100 valence electrons. The zero-order chi connectivity index (χ0) is 13.8. The summed E-state index contributed by atoms with van der Waals surface area (Å²) >= 11 is 1.94. The van der Waals surface area contributed by atoms with Crippen LogP contribution in [-0.2, 0) is 6.42 Å². The van der Waals surface area contributed by atoms with Gasteiger partial charge in [0.25, 0.3) is 0 Å². The molecule has 1 aromatic heterocycles. The van der Waals surface area contributed by atoms with Gasteiger partial charge in [0.1, 0.15) is 5.82 Å². The second kappa shape index (κ2) is 6.18. The van der Waals surface area contributed by atoms with E-state index in [-0.39, 0.29) is 5.82 Å². The molecule has 0 atom stereocenters. The van der Waals surface area contributed by atoms with Crippen molar-refractivity contribution in [1.82, 2.24) is 4.98 Å². The Morgan fingerprint density at radius 2 is 2.16 bits per heavy atom. The second-order valence-corrected chi connectivity index (χ2v) is 5.48. The monoisotopic (exact) mass is 371 g/mol. The Bertz CT molecular complexity index is 560. The lowest BCUT2D eigenvalue weighted by Crippen LogP contribution is -2.22. The highest BCUT2D eigenvalue weighted by Gasteiger charge is 2.10. The van der Waals surface area contributed by atoms with Gasteiger partial charge in [-0.05, 0) is 40.8 Å². The van der Waals surface area contributed by atoms with Gasteiger partial charge in [-0.15, -0.1) is 0 Å². The van der Waals surface area contributed by atoms with Crippen molar-refractivity contribution in [3.8, 4) is 0 Å². The van der Waals surface area contributed by atoms with Crippen molar-refractivity contribution in [3.63, 3.8) is 0 Å². The number of anilines is 2. The topological polar surface area (TPSA) is 42.2 Å². The molecular formula is C14H15FIN3. The molecule has 1 aromatic carbocycles. The molecule has 0 bridgehead atoms. The van der Waals surface area contributed by atoms with Crippen LogP contribution in [0, 0.1) is 9.39 Å². The van der Waals surface area contributed by atoms with Crippen molar-refractivity contribution in [1.29, 1.82) is 0 Å². The van der Waals surface area contributed by atoms with Gasteiger partial charge in [-0.2, -0.15) is 0 Å². The lowest BCUT2D eigenvalue weighted by molar-refractivity contribution is 0.620. The Labute approximate surface area is 125 Å². The van der Waals surface area contributed by atoms with E-state index in [0.717, 1.165) is 18.7 Å². The Morgan fingerprint density at radius 1 is 1.37 bits per heavy atom. The lowest BCUT2D eigenvalue weighted by Gasteiger charge is -2.21. The normalized spacial score (nSPS) is 10.5. The van der Waals surface area contributed by atoms with Crippen LogP contribution in [0.1, 0.15) is 5.69 Å². The number of pyridine rings is 1. The van der Waals surface area contributed by atoms with Crippen LogP contribution < -0.4 is 10.6 Å². The SMILES string of the molecule is CN(CCc1ccccn1)c1cc(F)c(I)cc1N. The summed E-state index contributed by atoms with van der Waals surface area (Å²) in [5.41, 5.74) is 8.25. The average Bonchev–Trinajstić information content (AvgIpc) is 2.41. The number of hydrogen-bond donors (Lipinski definition) is 1. The van der Waals surface area contributed by atoms with Gasteiger partial charge in [0, 0.05) is 38.0 Å². The third-order valence-electron chi connectivity index (χ3n) is 2.91. The zero-order valence-corrected chi connectivity index (χ0v) is 12.8. The third kappa shape index (κ3) is 3.56. The molecule has 3 nitrogen and oxygen atoms in total. The molecule has 19 heavy (non-hydrogen) atoms. The van der Waals surface area contributed by atoms with E-state index in [4.69, 9.17) is 5.73 Å². The maximum atomic E-state index is 13.6. The minimum Gasteiger partial charge on any atom is -0.397 e. The van der Waals surface area contributed by atoms with Crippen LogP contribution in [0.3, 0.4) is 0 Å². The van der Waals surface area contributed by atoms with E-state index in [1.54, 1.807) is 12.3 Å². The highest BCUT2D eigenvalue weighted by Crippen LogP contribution is 2.26. The number of nitrogen functional groups attached to an aromatic ring is 1. The molecule has 0 saturated heterocycles. The molecule has 2 N–H and O–H groups in total. The van der Waals surface area contributed by atoms with Crippen molar-refractivity contribution in [2.24, 2.45) is 0 Å². The fourth-order valence-electron chi connectivity index (χ4n) is 1.83. The van der Waals surface area contributed by atoms with E-state index in [1.807, 2.05) is 52.7 Å². The minimum absolute atomic E-state index is 0.241. The van der Waals surface area contributed by atoms with Crippen LogP contribution in [0.4, 0.5) is 15.8 Å². The Hall–Kier alpha value is -1.37. The van der Waals surface area contributed by atoms with Crippen molar-refractivity contribution in [2.75, 3.05) is 24.2 Å². The van der Waals surface area contributed by atoms with Crippen molar-refractivity contribution in [3.05, 3.63) is 51.6 Å². The minimum atomic E-state index is -0.241. The summed E-state index contributed by atoms with van der Waals surface area (Å²) in [7, 11) is 1.90. The van der Waals surface area contributed by atoms with Crippen molar-refractivity contribution in [2.45, 2.75) is 6.42 Å². The van der Waals surface area contributed by atoms with Crippen LogP contribution in [0.5, 0.6) is 0 Å². The number of halogens is 2. The molecule has 0 aliphatic carbocycles. The Balaban J connectivity index is 2.08. The first-order chi connectivity index (χ1) is 9.08. The highest BCUT2D eigenvalue weighted by molar-refractivity contribution is 14.1. The molecule has 0 radical (unpaired) electrons. The number of benzene rings is 1. The van der Waals surface area contributed by atoms with E-state index >= 15 is 0 Å². The van der Waals surface area contributed by atoms with E-state index in [2.05, 4.69) is 4.98 Å². The predicted molar refractivity (Wildman–Crippen MR) is 84.7 cm³/mol. The van der Waals surface area contributed by atoms with Gasteiger partial charge in [-0.3, -0.25) is 4.98 Å². The maximum Gasteiger partial charge on any atom is 0.138 e. The fraction of sp³-hybridized carbons (Fsp3) is 0.214. The van der Waals surface area contributed by atoms with Gasteiger partial charge in [0.15, 0.2) is 0 Å². The van der Waals surface area contributed by atoms with Gasteiger partial charge in [0.2, 0.25) is 0 Å². The average molecular weight is 371 g/mol. The van der Waals surface area contributed by atoms with Crippen LogP contribution in [0.2, 0.25) is 0 Å².